The second kappa shape index (κ2) is 10.5. The topological polar surface area (TPSA) is 98.1 Å². The first-order valence-electron chi connectivity index (χ1n) is 10.7. The molecule has 0 aliphatic carbocycles. The molecule has 0 radical (unpaired) electrons. The summed E-state index contributed by atoms with van der Waals surface area (Å²) in [6.07, 6.45) is 0. The molecule has 1 heterocycles. The number of hydrogen-bond donors (Lipinski definition) is 1. The number of nitrogens with one attached hydrogen (secondary N) is 1. The molecule has 3 rings (SSSR count). The zero-order chi connectivity index (χ0) is 24.0. The predicted molar refractivity (Wildman–Crippen MR) is 126 cm³/mol. The molecule has 1 amide bonds. The van der Waals surface area contributed by atoms with Crippen LogP contribution in [0.15, 0.2) is 63.9 Å². The molecule has 3 aromatic rings. The van der Waals surface area contributed by atoms with Crippen molar-refractivity contribution >= 4 is 21.6 Å². The number of carbonyl (C=O) groups excluding carboxylic acids is 1. The highest BCUT2D eigenvalue weighted by molar-refractivity contribution is 7.89. The van der Waals surface area contributed by atoms with Gasteiger partial charge in [-0.2, -0.15) is 4.31 Å². The van der Waals surface area contributed by atoms with Crippen LogP contribution in [0.25, 0.3) is 0 Å². The fraction of sp³-hybridized carbons (Fsp3) is 0.292. The fourth-order valence-electron chi connectivity index (χ4n) is 3.21. The Kier molecular flexibility index (Phi) is 7.78. The Morgan fingerprint density at radius 3 is 2.21 bits per heavy atom. The van der Waals surface area contributed by atoms with Crippen LogP contribution >= 0.6 is 0 Å². The van der Waals surface area contributed by atoms with Crippen molar-refractivity contribution in [2.45, 2.75) is 32.6 Å². The Hall–Kier alpha value is -3.30. The number of furan rings is 1. The number of benzene rings is 2. The van der Waals surface area contributed by atoms with E-state index in [-0.39, 0.29) is 22.1 Å². The standard InChI is InChI=1S/C24H28N2O6S/c1-5-26(6-2)33(28,29)20-13-15-22(32-19-11-9-18(10-12-19)30-7-3)21(16-20)25-24(27)23-14-8-17(4)31-23/h8-16H,5-7H2,1-4H3,(H,25,27). The van der Waals surface area contributed by atoms with Crippen molar-refractivity contribution in [2.24, 2.45) is 0 Å². The summed E-state index contributed by atoms with van der Waals surface area (Å²) in [5.41, 5.74) is 0.205. The van der Waals surface area contributed by atoms with Crippen molar-refractivity contribution in [2.75, 3.05) is 25.0 Å². The Morgan fingerprint density at radius 1 is 0.970 bits per heavy atom. The van der Waals surface area contributed by atoms with E-state index in [1.54, 1.807) is 57.2 Å². The van der Waals surface area contributed by atoms with Gasteiger partial charge in [0.15, 0.2) is 11.5 Å². The van der Waals surface area contributed by atoms with E-state index in [1.165, 1.54) is 22.5 Å². The summed E-state index contributed by atoms with van der Waals surface area (Å²) < 4.78 is 44.2. The molecule has 8 nitrogen and oxygen atoms in total. The summed E-state index contributed by atoms with van der Waals surface area (Å²) in [4.78, 5) is 12.8. The SMILES string of the molecule is CCOc1ccc(Oc2ccc(S(=O)(=O)N(CC)CC)cc2NC(=O)c2ccc(C)o2)cc1. The van der Waals surface area contributed by atoms with Crippen LogP contribution in [0.2, 0.25) is 0 Å². The molecule has 1 N–H and O–H groups in total. The summed E-state index contributed by atoms with van der Waals surface area (Å²) in [5, 5.41) is 2.71. The van der Waals surface area contributed by atoms with Crippen LogP contribution in [0, 0.1) is 6.92 Å². The highest BCUT2D eigenvalue weighted by Crippen LogP contribution is 2.34. The third kappa shape index (κ3) is 5.74. The molecule has 0 unspecified atom stereocenters. The number of carbonyl (C=O) groups is 1. The minimum absolute atomic E-state index is 0.0520. The number of hydrogen-bond acceptors (Lipinski definition) is 6. The van der Waals surface area contributed by atoms with Gasteiger partial charge in [-0.25, -0.2) is 8.42 Å². The molecule has 9 heteroatoms. The third-order valence-corrected chi connectivity index (χ3v) is 6.92. The quantitative estimate of drug-likeness (QED) is 0.443. The van der Waals surface area contributed by atoms with Gasteiger partial charge in [0.05, 0.1) is 17.2 Å². The molecule has 176 valence electrons. The largest absolute Gasteiger partial charge is 0.494 e. The Bertz CT molecular complexity index is 1200. The summed E-state index contributed by atoms with van der Waals surface area (Å²) in [7, 11) is -3.74. The first-order valence-corrected chi connectivity index (χ1v) is 12.1. The summed E-state index contributed by atoms with van der Waals surface area (Å²) in [6, 6.07) is 14.6. The number of aryl methyl sites for hydroxylation is 1. The summed E-state index contributed by atoms with van der Waals surface area (Å²) >= 11 is 0. The highest BCUT2D eigenvalue weighted by atomic mass is 32.2. The lowest BCUT2D eigenvalue weighted by atomic mass is 10.2. The van der Waals surface area contributed by atoms with Gasteiger partial charge in [-0.05, 0) is 68.4 Å². The number of anilines is 1. The number of nitrogens with zero attached hydrogens (tertiary/aromatic N) is 1. The molecule has 0 fully saturated rings. The number of sulfonamides is 1. The van der Waals surface area contributed by atoms with Crippen molar-refractivity contribution in [3.63, 3.8) is 0 Å². The highest BCUT2D eigenvalue weighted by Gasteiger charge is 2.24. The van der Waals surface area contributed by atoms with Gasteiger partial charge in [0.1, 0.15) is 17.3 Å². The van der Waals surface area contributed by atoms with E-state index in [2.05, 4.69) is 5.32 Å². The molecule has 0 aliphatic heterocycles. The molecule has 0 atom stereocenters. The van der Waals surface area contributed by atoms with Crippen LogP contribution in [0.4, 0.5) is 5.69 Å². The van der Waals surface area contributed by atoms with Gasteiger partial charge < -0.3 is 19.2 Å². The average Bonchev–Trinajstić information content (AvgIpc) is 3.23. The summed E-state index contributed by atoms with van der Waals surface area (Å²) in [6.45, 7) is 8.37. The minimum Gasteiger partial charge on any atom is -0.494 e. The van der Waals surface area contributed by atoms with Crippen LogP contribution in [0.5, 0.6) is 17.2 Å². The lowest BCUT2D eigenvalue weighted by Crippen LogP contribution is -2.30. The second-order valence-corrected chi connectivity index (χ2v) is 9.06. The van der Waals surface area contributed by atoms with Gasteiger partial charge in [-0.3, -0.25) is 4.79 Å². The second-order valence-electron chi connectivity index (χ2n) is 7.12. The van der Waals surface area contributed by atoms with Crippen molar-refractivity contribution in [1.82, 2.24) is 4.31 Å². The van der Waals surface area contributed by atoms with Crippen molar-refractivity contribution in [3.05, 3.63) is 66.1 Å². The Balaban J connectivity index is 1.97. The molecule has 0 aliphatic rings. The maximum atomic E-state index is 13.0. The predicted octanol–water partition coefficient (Wildman–Crippen LogP) is 5.06. The maximum Gasteiger partial charge on any atom is 0.291 e. The van der Waals surface area contributed by atoms with Gasteiger partial charge in [-0.15, -0.1) is 0 Å². The van der Waals surface area contributed by atoms with E-state index in [4.69, 9.17) is 13.9 Å². The molecule has 1 aromatic heterocycles. The van der Waals surface area contributed by atoms with Crippen molar-refractivity contribution in [3.8, 4) is 17.2 Å². The smallest absolute Gasteiger partial charge is 0.291 e. The lowest BCUT2D eigenvalue weighted by Gasteiger charge is -2.20. The van der Waals surface area contributed by atoms with Crippen LogP contribution in [-0.2, 0) is 10.0 Å². The van der Waals surface area contributed by atoms with Crippen LogP contribution < -0.4 is 14.8 Å². The monoisotopic (exact) mass is 472 g/mol. The van der Waals surface area contributed by atoms with E-state index in [9.17, 15) is 13.2 Å². The minimum atomic E-state index is -3.74. The van der Waals surface area contributed by atoms with E-state index >= 15 is 0 Å². The van der Waals surface area contributed by atoms with Crippen molar-refractivity contribution in [1.29, 1.82) is 0 Å². The first-order chi connectivity index (χ1) is 15.8. The first kappa shape index (κ1) is 24.3. The van der Waals surface area contributed by atoms with Crippen LogP contribution in [0.1, 0.15) is 37.1 Å². The van der Waals surface area contributed by atoms with Crippen LogP contribution in [0.3, 0.4) is 0 Å². The third-order valence-electron chi connectivity index (χ3n) is 4.87. The maximum absolute atomic E-state index is 13.0. The van der Waals surface area contributed by atoms with Crippen LogP contribution in [-0.4, -0.2) is 38.3 Å². The Labute approximate surface area is 194 Å². The fourth-order valence-corrected chi connectivity index (χ4v) is 4.69. The molecule has 0 bridgehead atoms. The zero-order valence-electron chi connectivity index (χ0n) is 19.1. The molecule has 0 saturated heterocycles. The molecular weight excluding hydrogens is 444 g/mol. The number of rotatable bonds is 10. The number of amides is 1. The summed E-state index contributed by atoms with van der Waals surface area (Å²) in [5.74, 6) is 1.67. The van der Waals surface area contributed by atoms with Gasteiger partial charge in [0.25, 0.3) is 5.91 Å². The van der Waals surface area contributed by atoms with Gasteiger partial charge >= 0.3 is 0 Å². The van der Waals surface area contributed by atoms with Gasteiger partial charge in [0.2, 0.25) is 10.0 Å². The molecular formula is C24H28N2O6S. The normalized spacial score (nSPS) is 11.4. The molecule has 2 aromatic carbocycles. The van der Waals surface area contributed by atoms with E-state index in [1.807, 2.05) is 6.92 Å². The zero-order valence-corrected chi connectivity index (χ0v) is 19.9. The van der Waals surface area contributed by atoms with E-state index < -0.39 is 15.9 Å². The molecule has 33 heavy (non-hydrogen) atoms. The molecule has 0 spiro atoms. The number of ether oxygens (including phenoxy) is 2. The van der Waals surface area contributed by atoms with Gasteiger partial charge in [-0.1, -0.05) is 13.8 Å². The van der Waals surface area contributed by atoms with Gasteiger partial charge in [0, 0.05) is 13.1 Å². The van der Waals surface area contributed by atoms with E-state index in [0.717, 1.165) is 0 Å². The average molecular weight is 473 g/mol. The van der Waals surface area contributed by atoms with Crippen molar-refractivity contribution < 1.29 is 27.1 Å². The Morgan fingerprint density at radius 2 is 1.64 bits per heavy atom. The lowest BCUT2D eigenvalue weighted by molar-refractivity contribution is 0.0995. The molecule has 0 saturated carbocycles. The van der Waals surface area contributed by atoms with E-state index in [0.29, 0.717) is 37.0 Å².